The van der Waals surface area contributed by atoms with Gasteiger partial charge in [-0.2, -0.15) is 0 Å². The first-order valence-electron chi connectivity index (χ1n) is 8.64. The van der Waals surface area contributed by atoms with Crippen LogP contribution in [0.4, 0.5) is 5.69 Å². The first-order chi connectivity index (χ1) is 13.4. The van der Waals surface area contributed by atoms with Crippen LogP contribution < -0.4 is 19.7 Å². The van der Waals surface area contributed by atoms with Crippen molar-refractivity contribution in [2.24, 2.45) is 0 Å². The van der Waals surface area contributed by atoms with Crippen LogP contribution in [0.5, 0.6) is 11.5 Å². The summed E-state index contributed by atoms with van der Waals surface area (Å²) < 4.78 is 10.6. The molecule has 2 aromatic rings. The summed E-state index contributed by atoms with van der Waals surface area (Å²) >= 11 is 0. The van der Waals surface area contributed by atoms with Crippen molar-refractivity contribution in [3.8, 4) is 11.5 Å². The Morgan fingerprint density at radius 2 is 2.00 bits per heavy atom. The number of rotatable bonds is 6. The van der Waals surface area contributed by atoms with Crippen molar-refractivity contribution in [2.75, 3.05) is 18.6 Å². The Bertz CT molecular complexity index is 927. The van der Waals surface area contributed by atoms with E-state index in [2.05, 4.69) is 5.32 Å². The Labute approximate surface area is 161 Å². The van der Waals surface area contributed by atoms with Crippen molar-refractivity contribution in [3.05, 3.63) is 53.6 Å². The number of para-hydroxylation sites is 2. The maximum absolute atomic E-state index is 12.4. The number of benzene rings is 2. The number of fused-ring (bicyclic) bond motifs is 1. The molecule has 8 nitrogen and oxygen atoms in total. The monoisotopic (exact) mass is 384 g/mol. The SMILES string of the molecule is COc1ccc(CNC(=O)CN2C(=O)[C@@H](C)Oc3ccccc32)cc1C(=O)O. The molecule has 0 bridgehead atoms. The van der Waals surface area contributed by atoms with Crippen LogP contribution in [-0.4, -0.2) is 42.6 Å². The number of nitrogens with zero attached hydrogens (tertiary/aromatic N) is 1. The lowest BCUT2D eigenvalue weighted by atomic mass is 10.1. The number of aromatic carboxylic acids is 1. The van der Waals surface area contributed by atoms with Gasteiger partial charge in [-0.15, -0.1) is 0 Å². The second kappa shape index (κ2) is 7.99. The van der Waals surface area contributed by atoms with Gasteiger partial charge in [-0.25, -0.2) is 4.79 Å². The number of methoxy groups -OCH3 is 1. The number of carbonyl (C=O) groups excluding carboxylic acids is 2. The van der Waals surface area contributed by atoms with Crippen molar-refractivity contribution < 1.29 is 29.0 Å². The number of carboxylic acids is 1. The zero-order valence-electron chi connectivity index (χ0n) is 15.5. The first-order valence-corrected chi connectivity index (χ1v) is 8.64. The zero-order chi connectivity index (χ0) is 20.3. The number of hydrogen-bond acceptors (Lipinski definition) is 5. The molecule has 2 N–H and O–H groups in total. The van der Waals surface area contributed by atoms with Gasteiger partial charge in [0, 0.05) is 6.54 Å². The van der Waals surface area contributed by atoms with Crippen LogP contribution in [0.25, 0.3) is 0 Å². The summed E-state index contributed by atoms with van der Waals surface area (Å²) in [4.78, 5) is 37.5. The van der Waals surface area contributed by atoms with Gasteiger partial charge in [-0.3, -0.25) is 14.5 Å². The number of ether oxygens (including phenoxy) is 2. The molecule has 1 heterocycles. The molecule has 0 fully saturated rings. The first kappa shape index (κ1) is 19.2. The zero-order valence-corrected chi connectivity index (χ0v) is 15.5. The van der Waals surface area contributed by atoms with Gasteiger partial charge in [-0.1, -0.05) is 18.2 Å². The van der Waals surface area contributed by atoms with E-state index in [0.29, 0.717) is 17.0 Å². The highest BCUT2D eigenvalue weighted by Gasteiger charge is 2.32. The van der Waals surface area contributed by atoms with Crippen LogP contribution in [0.3, 0.4) is 0 Å². The fourth-order valence-corrected chi connectivity index (χ4v) is 2.95. The molecule has 8 heteroatoms. The van der Waals surface area contributed by atoms with E-state index in [1.54, 1.807) is 37.3 Å². The molecule has 2 aromatic carbocycles. The van der Waals surface area contributed by atoms with Gasteiger partial charge >= 0.3 is 5.97 Å². The van der Waals surface area contributed by atoms with Gasteiger partial charge in [0.15, 0.2) is 6.10 Å². The molecule has 0 aliphatic carbocycles. The van der Waals surface area contributed by atoms with Crippen LogP contribution in [0.15, 0.2) is 42.5 Å². The summed E-state index contributed by atoms with van der Waals surface area (Å²) in [5, 5.41) is 11.9. The Balaban J connectivity index is 1.69. The average Bonchev–Trinajstić information content (AvgIpc) is 2.69. The fraction of sp³-hybridized carbons (Fsp3) is 0.250. The Morgan fingerprint density at radius 1 is 1.25 bits per heavy atom. The fourth-order valence-electron chi connectivity index (χ4n) is 2.95. The molecule has 0 aromatic heterocycles. The largest absolute Gasteiger partial charge is 0.496 e. The second-order valence-electron chi connectivity index (χ2n) is 6.27. The van der Waals surface area contributed by atoms with Crippen molar-refractivity contribution in [3.63, 3.8) is 0 Å². The number of carboxylic acid groups (broad SMARTS) is 1. The van der Waals surface area contributed by atoms with Crippen molar-refractivity contribution in [2.45, 2.75) is 19.6 Å². The molecular formula is C20H20N2O6. The van der Waals surface area contributed by atoms with Gasteiger partial charge in [0.05, 0.1) is 12.8 Å². The minimum atomic E-state index is -1.12. The lowest BCUT2D eigenvalue weighted by Crippen LogP contribution is -2.48. The van der Waals surface area contributed by atoms with Crippen LogP contribution >= 0.6 is 0 Å². The number of anilines is 1. The van der Waals surface area contributed by atoms with E-state index in [1.807, 2.05) is 0 Å². The Hall–Kier alpha value is -3.55. The lowest BCUT2D eigenvalue weighted by Gasteiger charge is -2.32. The van der Waals surface area contributed by atoms with Gasteiger partial charge in [-0.05, 0) is 36.8 Å². The third-order valence-corrected chi connectivity index (χ3v) is 4.36. The molecule has 146 valence electrons. The van der Waals surface area contributed by atoms with Crippen LogP contribution in [0.1, 0.15) is 22.8 Å². The maximum atomic E-state index is 12.4. The van der Waals surface area contributed by atoms with Gasteiger partial charge < -0.3 is 19.9 Å². The van der Waals surface area contributed by atoms with Crippen molar-refractivity contribution in [1.29, 1.82) is 0 Å². The Morgan fingerprint density at radius 3 is 2.71 bits per heavy atom. The topological polar surface area (TPSA) is 105 Å². The van der Waals surface area contributed by atoms with Crippen LogP contribution in [0.2, 0.25) is 0 Å². The third-order valence-electron chi connectivity index (χ3n) is 4.36. The normalized spacial score (nSPS) is 15.4. The highest BCUT2D eigenvalue weighted by molar-refractivity contribution is 6.03. The van der Waals surface area contributed by atoms with Gasteiger partial charge in [0.1, 0.15) is 23.6 Å². The van der Waals surface area contributed by atoms with E-state index in [4.69, 9.17) is 9.47 Å². The number of amides is 2. The average molecular weight is 384 g/mol. The Kier molecular flexibility index (Phi) is 5.49. The summed E-state index contributed by atoms with van der Waals surface area (Å²) in [6, 6.07) is 11.7. The standard InChI is InChI=1S/C20H20N2O6/c1-12-19(24)22(15-5-3-4-6-17(15)28-12)11-18(23)21-10-13-7-8-16(27-2)14(9-13)20(25)26/h3-9,12H,10-11H2,1-2H3,(H,21,23)(H,25,26)/t12-/m1/s1. The molecular weight excluding hydrogens is 364 g/mol. The molecule has 0 spiro atoms. The lowest BCUT2D eigenvalue weighted by molar-refractivity contribution is -0.128. The van der Waals surface area contributed by atoms with E-state index in [0.717, 1.165) is 0 Å². The summed E-state index contributed by atoms with van der Waals surface area (Å²) in [7, 11) is 1.39. The molecule has 1 atom stereocenters. The van der Waals surface area contributed by atoms with E-state index in [-0.39, 0.29) is 36.2 Å². The highest BCUT2D eigenvalue weighted by Crippen LogP contribution is 2.33. The number of carbonyl (C=O) groups is 3. The van der Waals surface area contributed by atoms with Crippen LogP contribution in [-0.2, 0) is 16.1 Å². The summed E-state index contributed by atoms with van der Waals surface area (Å²) in [6.07, 6.45) is -0.678. The van der Waals surface area contributed by atoms with Gasteiger partial charge in [0.2, 0.25) is 5.91 Å². The second-order valence-corrected chi connectivity index (χ2v) is 6.27. The predicted molar refractivity (Wildman–Crippen MR) is 101 cm³/mol. The predicted octanol–water partition coefficient (Wildman–Crippen LogP) is 1.82. The molecule has 2 amide bonds. The molecule has 0 unspecified atom stereocenters. The highest BCUT2D eigenvalue weighted by atomic mass is 16.5. The minimum Gasteiger partial charge on any atom is -0.496 e. The summed E-state index contributed by atoms with van der Waals surface area (Å²) in [6.45, 7) is 1.60. The molecule has 0 saturated carbocycles. The molecule has 28 heavy (non-hydrogen) atoms. The van der Waals surface area contributed by atoms with Gasteiger partial charge in [0.25, 0.3) is 5.91 Å². The molecule has 1 aliphatic heterocycles. The number of hydrogen-bond donors (Lipinski definition) is 2. The van der Waals surface area contributed by atoms with E-state index >= 15 is 0 Å². The third kappa shape index (κ3) is 3.90. The van der Waals surface area contributed by atoms with E-state index in [9.17, 15) is 19.5 Å². The number of nitrogens with one attached hydrogen (secondary N) is 1. The van der Waals surface area contributed by atoms with Crippen LogP contribution in [0, 0.1) is 0 Å². The minimum absolute atomic E-state index is 0.0142. The maximum Gasteiger partial charge on any atom is 0.339 e. The molecule has 0 saturated heterocycles. The quantitative estimate of drug-likeness (QED) is 0.787. The smallest absolute Gasteiger partial charge is 0.339 e. The molecule has 0 radical (unpaired) electrons. The summed E-state index contributed by atoms with van der Waals surface area (Å²) in [5.74, 6) is -0.998. The summed E-state index contributed by atoms with van der Waals surface area (Å²) in [5.41, 5.74) is 1.16. The van der Waals surface area contributed by atoms with Crippen molar-refractivity contribution in [1.82, 2.24) is 5.32 Å². The van der Waals surface area contributed by atoms with E-state index in [1.165, 1.54) is 24.1 Å². The molecule has 1 aliphatic rings. The molecule has 3 rings (SSSR count). The van der Waals surface area contributed by atoms with Crippen molar-refractivity contribution >= 4 is 23.5 Å². The van der Waals surface area contributed by atoms with E-state index < -0.39 is 12.1 Å².